The first-order chi connectivity index (χ1) is 8.19. The van der Waals surface area contributed by atoms with Crippen molar-refractivity contribution in [1.82, 2.24) is 9.78 Å². The molecule has 0 atom stereocenters. The maximum Gasteiger partial charge on any atom is 0.170 e. The van der Waals surface area contributed by atoms with E-state index in [0.29, 0.717) is 12.1 Å². The molecule has 0 unspecified atom stereocenters. The number of hydrogen-bond acceptors (Lipinski definition) is 3. The number of oxime groups is 1. The van der Waals surface area contributed by atoms with Gasteiger partial charge in [-0.2, -0.15) is 5.10 Å². The van der Waals surface area contributed by atoms with Crippen LogP contribution in [0.3, 0.4) is 0 Å². The van der Waals surface area contributed by atoms with Gasteiger partial charge in [0.25, 0.3) is 0 Å². The van der Waals surface area contributed by atoms with Crippen molar-refractivity contribution in [3.05, 3.63) is 52.3 Å². The van der Waals surface area contributed by atoms with E-state index in [2.05, 4.69) is 26.2 Å². The number of rotatable bonds is 3. The van der Waals surface area contributed by atoms with Crippen LogP contribution in [0.5, 0.6) is 0 Å². The van der Waals surface area contributed by atoms with Crippen LogP contribution in [0.2, 0.25) is 0 Å². The molecule has 0 aliphatic carbocycles. The van der Waals surface area contributed by atoms with E-state index in [1.807, 2.05) is 35.1 Å². The molecule has 1 aromatic carbocycles. The van der Waals surface area contributed by atoms with E-state index in [-0.39, 0.29) is 5.84 Å². The van der Waals surface area contributed by atoms with Crippen molar-refractivity contribution >= 4 is 21.8 Å². The molecule has 1 aromatic heterocycles. The maximum atomic E-state index is 8.54. The zero-order valence-corrected chi connectivity index (χ0v) is 10.5. The minimum Gasteiger partial charge on any atom is -0.409 e. The minimum absolute atomic E-state index is 0.110. The Morgan fingerprint density at radius 3 is 2.65 bits per heavy atom. The number of hydrogen-bond donors (Lipinski definition) is 2. The Bertz CT molecular complexity index is 533. The van der Waals surface area contributed by atoms with Gasteiger partial charge >= 0.3 is 0 Å². The van der Waals surface area contributed by atoms with E-state index in [4.69, 9.17) is 10.9 Å². The van der Waals surface area contributed by atoms with Crippen LogP contribution in [0.4, 0.5) is 0 Å². The van der Waals surface area contributed by atoms with Gasteiger partial charge in [0, 0.05) is 11.8 Å². The summed E-state index contributed by atoms with van der Waals surface area (Å²) in [6.45, 7) is 0.683. The number of nitrogens with two attached hydrogens (primary N) is 1. The smallest absolute Gasteiger partial charge is 0.170 e. The van der Waals surface area contributed by atoms with Gasteiger partial charge in [0.15, 0.2) is 5.84 Å². The molecule has 2 aromatic rings. The molecule has 1 heterocycles. The third-order valence-corrected chi connectivity index (χ3v) is 2.71. The number of benzene rings is 1. The fraction of sp³-hybridized carbons (Fsp3) is 0.0909. The first-order valence-corrected chi connectivity index (χ1v) is 5.73. The van der Waals surface area contributed by atoms with Gasteiger partial charge in [0.2, 0.25) is 0 Å². The van der Waals surface area contributed by atoms with Crippen molar-refractivity contribution in [2.24, 2.45) is 10.9 Å². The molecule has 0 aliphatic rings. The summed E-state index contributed by atoms with van der Waals surface area (Å²) in [5.74, 6) is 0.110. The molecule has 0 radical (unpaired) electrons. The molecule has 0 fully saturated rings. The maximum absolute atomic E-state index is 8.54. The number of aromatic nitrogens is 2. The highest BCUT2D eigenvalue weighted by molar-refractivity contribution is 9.10. The predicted molar refractivity (Wildman–Crippen MR) is 68.0 cm³/mol. The highest BCUT2D eigenvalue weighted by Gasteiger charge is 2.00. The lowest BCUT2D eigenvalue weighted by Gasteiger charge is -2.03. The third-order valence-electron chi connectivity index (χ3n) is 2.30. The Hall–Kier alpha value is -1.82. The Balaban J connectivity index is 2.13. The van der Waals surface area contributed by atoms with E-state index in [0.717, 1.165) is 10.0 Å². The van der Waals surface area contributed by atoms with Crippen LogP contribution in [0, 0.1) is 0 Å². The van der Waals surface area contributed by atoms with Gasteiger partial charge in [-0.1, -0.05) is 29.4 Å². The van der Waals surface area contributed by atoms with Crippen molar-refractivity contribution < 1.29 is 5.21 Å². The molecule has 2 rings (SSSR count). The topological polar surface area (TPSA) is 76.4 Å². The van der Waals surface area contributed by atoms with Crippen molar-refractivity contribution in [1.29, 1.82) is 0 Å². The summed E-state index contributed by atoms with van der Waals surface area (Å²) in [4.78, 5) is 0. The second-order valence-electron chi connectivity index (χ2n) is 3.54. The molecule has 0 saturated carbocycles. The highest BCUT2D eigenvalue weighted by atomic mass is 79.9. The number of halogens is 1. The van der Waals surface area contributed by atoms with Gasteiger partial charge in [-0.15, -0.1) is 0 Å². The molecule has 88 valence electrons. The lowest BCUT2D eigenvalue weighted by atomic mass is 10.1. The van der Waals surface area contributed by atoms with Gasteiger partial charge in [-0.3, -0.25) is 4.68 Å². The van der Waals surface area contributed by atoms with Crippen LogP contribution in [0.15, 0.2) is 46.3 Å². The Morgan fingerprint density at radius 1 is 1.41 bits per heavy atom. The van der Waals surface area contributed by atoms with Crippen LogP contribution >= 0.6 is 15.9 Å². The summed E-state index contributed by atoms with van der Waals surface area (Å²) in [5.41, 5.74) is 7.26. The highest BCUT2D eigenvalue weighted by Crippen LogP contribution is 2.10. The van der Waals surface area contributed by atoms with Crippen molar-refractivity contribution in [2.75, 3.05) is 0 Å². The Morgan fingerprint density at radius 2 is 2.12 bits per heavy atom. The van der Waals surface area contributed by atoms with Crippen molar-refractivity contribution in [3.63, 3.8) is 0 Å². The molecule has 17 heavy (non-hydrogen) atoms. The predicted octanol–water partition coefficient (Wildman–Crippen LogP) is 1.79. The molecule has 0 aliphatic heterocycles. The quantitative estimate of drug-likeness (QED) is 0.392. The van der Waals surface area contributed by atoms with E-state index in [1.54, 1.807) is 6.20 Å². The normalized spacial score (nSPS) is 11.7. The van der Waals surface area contributed by atoms with E-state index >= 15 is 0 Å². The third kappa shape index (κ3) is 2.85. The fourth-order valence-electron chi connectivity index (χ4n) is 1.45. The molecule has 0 saturated heterocycles. The summed E-state index contributed by atoms with van der Waals surface area (Å²) >= 11 is 3.34. The summed E-state index contributed by atoms with van der Waals surface area (Å²) in [7, 11) is 0. The summed E-state index contributed by atoms with van der Waals surface area (Å²) < 4.78 is 2.77. The van der Waals surface area contributed by atoms with Gasteiger partial charge in [0.05, 0.1) is 17.2 Å². The summed E-state index contributed by atoms with van der Waals surface area (Å²) in [6.07, 6.45) is 3.64. The van der Waals surface area contributed by atoms with E-state index in [1.165, 1.54) is 0 Å². The molecule has 0 amide bonds. The van der Waals surface area contributed by atoms with Crippen LogP contribution in [0.1, 0.15) is 11.1 Å². The van der Waals surface area contributed by atoms with Gasteiger partial charge in [-0.05, 0) is 21.5 Å². The zero-order chi connectivity index (χ0) is 12.3. The average Bonchev–Trinajstić information content (AvgIpc) is 2.75. The Labute approximate surface area is 107 Å². The van der Waals surface area contributed by atoms with Crippen LogP contribution < -0.4 is 5.73 Å². The van der Waals surface area contributed by atoms with Gasteiger partial charge in [0.1, 0.15) is 0 Å². The number of amidine groups is 1. The summed E-state index contributed by atoms with van der Waals surface area (Å²) in [5, 5.41) is 15.7. The summed E-state index contributed by atoms with van der Waals surface area (Å²) in [6, 6.07) is 7.46. The average molecular weight is 295 g/mol. The van der Waals surface area contributed by atoms with Crippen LogP contribution in [-0.4, -0.2) is 20.8 Å². The second-order valence-corrected chi connectivity index (χ2v) is 4.45. The molecular weight excluding hydrogens is 284 g/mol. The molecule has 6 heteroatoms. The van der Waals surface area contributed by atoms with E-state index < -0.39 is 0 Å². The molecule has 0 bridgehead atoms. The first-order valence-electron chi connectivity index (χ1n) is 4.94. The second kappa shape index (κ2) is 5.01. The zero-order valence-electron chi connectivity index (χ0n) is 8.92. The van der Waals surface area contributed by atoms with Gasteiger partial charge in [-0.25, -0.2) is 0 Å². The lowest BCUT2D eigenvalue weighted by Crippen LogP contribution is -2.13. The van der Waals surface area contributed by atoms with Crippen LogP contribution in [-0.2, 0) is 6.54 Å². The Kier molecular flexibility index (Phi) is 3.43. The van der Waals surface area contributed by atoms with Crippen molar-refractivity contribution in [3.8, 4) is 0 Å². The lowest BCUT2D eigenvalue weighted by molar-refractivity contribution is 0.318. The SMILES string of the molecule is N/C(=N\O)c1ccc(Cn2cc(Br)cn2)cc1. The fourth-order valence-corrected chi connectivity index (χ4v) is 1.78. The standard InChI is InChI=1S/C11H11BrN4O/c12-10-5-14-16(7-10)6-8-1-3-9(4-2-8)11(13)15-17/h1-5,7,17H,6H2,(H2,13,15). The van der Waals surface area contributed by atoms with Crippen LogP contribution in [0.25, 0.3) is 0 Å². The molecule has 3 N–H and O–H groups in total. The number of nitrogens with zero attached hydrogens (tertiary/aromatic N) is 3. The molecule has 0 spiro atoms. The van der Waals surface area contributed by atoms with Gasteiger partial charge < -0.3 is 10.9 Å². The monoisotopic (exact) mass is 294 g/mol. The minimum atomic E-state index is 0.110. The first kappa shape index (κ1) is 11.7. The van der Waals surface area contributed by atoms with E-state index in [9.17, 15) is 0 Å². The van der Waals surface area contributed by atoms with Crippen molar-refractivity contribution in [2.45, 2.75) is 6.54 Å². The largest absolute Gasteiger partial charge is 0.409 e. The molecular formula is C11H11BrN4O. The molecule has 5 nitrogen and oxygen atoms in total.